The van der Waals surface area contributed by atoms with E-state index in [-0.39, 0.29) is 0 Å². The zero-order valence-corrected chi connectivity index (χ0v) is 10.6. The Morgan fingerprint density at radius 2 is 1.83 bits per heavy atom. The molecule has 96 valence electrons. The van der Waals surface area contributed by atoms with E-state index < -0.39 is 0 Å². The van der Waals surface area contributed by atoms with Gasteiger partial charge in [0.05, 0.1) is 6.61 Å². The maximum absolute atomic E-state index is 5.43. The smallest absolute Gasteiger partial charge is 0.0644 e. The van der Waals surface area contributed by atoms with Gasteiger partial charge in [-0.05, 0) is 37.1 Å². The fourth-order valence-corrected chi connectivity index (χ4v) is 2.16. The van der Waals surface area contributed by atoms with Gasteiger partial charge in [0, 0.05) is 36.3 Å². The molecule has 0 aromatic carbocycles. The standard InChI is InChI=1S/C15H20N2O/c1-2-11-18-12-5-6-13(14-7-3-9-16-14)15-8-4-10-17-15/h2-4,7-10,13,16-17H,1,5-6,11-12H2. The second-order valence-electron chi connectivity index (χ2n) is 4.31. The van der Waals surface area contributed by atoms with Gasteiger partial charge >= 0.3 is 0 Å². The Balaban J connectivity index is 1.92. The third-order valence-corrected chi connectivity index (χ3v) is 3.01. The van der Waals surface area contributed by atoms with Gasteiger partial charge in [0.25, 0.3) is 0 Å². The van der Waals surface area contributed by atoms with Gasteiger partial charge < -0.3 is 14.7 Å². The molecular weight excluding hydrogens is 224 g/mol. The van der Waals surface area contributed by atoms with Crippen LogP contribution in [0.25, 0.3) is 0 Å². The van der Waals surface area contributed by atoms with Crippen LogP contribution in [0.15, 0.2) is 49.3 Å². The van der Waals surface area contributed by atoms with Gasteiger partial charge in [-0.2, -0.15) is 0 Å². The topological polar surface area (TPSA) is 40.8 Å². The van der Waals surface area contributed by atoms with Gasteiger partial charge in [0.2, 0.25) is 0 Å². The second kappa shape index (κ2) is 6.87. The molecule has 0 atom stereocenters. The molecule has 3 heteroatoms. The van der Waals surface area contributed by atoms with Crippen LogP contribution < -0.4 is 0 Å². The van der Waals surface area contributed by atoms with Crippen molar-refractivity contribution in [1.29, 1.82) is 0 Å². The maximum Gasteiger partial charge on any atom is 0.0644 e. The summed E-state index contributed by atoms with van der Waals surface area (Å²) in [7, 11) is 0. The Kier molecular flexibility index (Phi) is 4.85. The number of nitrogens with one attached hydrogen (secondary N) is 2. The van der Waals surface area contributed by atoms with Crippen LogP contribution >= 0.6 is 0 Å². The van der Waals surface area contributed by atoms with Crippen molar-refractivity contribution in [3.8, 4) is 0 Å². The van der Waals surface area contributed by atoms with Crippen molar-refractivity contribution in [1.82, 2.24) is 9.97 Å². The summed E-state index contributed by atoms with van der Waals surface area (Å²) in [5.41, 5.74) is 2.50. The number of hydrogen-bond donors (Lipinski definition) is 2. The summed E-state index contributed by atoms with van der Waals surface area (Å²) in [5.74, 6) is 0.391. The number of aromatic nitrogens is 2. The van der Waals surface area contributed by atoms with Crippen LogP contribution in [-0.4, -0.2) is 23.2 Å². The first-order chi connectivity index (χ1) is 8.92. The molecule has 2 rings (SSSR count). The van der Waals surface area contributed by atoms with Crippen LogP contribution in [0.1, 0.15) is 30.1 Å². The largest absolute Gasteiger partial charge is 0.377 e. The Morgan fingerprint density at radius 1 is 1.17 bits per heavy atom. The van der Waals surface area contributed by atoms with Crippen molar-refractivity contribution >= 4 is 0 Å². The highest BCUT2D eigenvalue weighted by Crippen LogP contribution is 2.26. The fourth-order valence-electron chi connectivity index (χ4n) is 2.16. The maximum atomic E-state index is 5.43. The minimum Gasteiger partial charge on any atom is -0.377 e. The molecule has 2 aromatic heterocycles. The van der Waals surface area contributed by atoms with Crippen LogP contribution in [0.5, 0.6) is 0 Å². The van der Waals surface area contributed by atoms with Crippen molar-refractivity contribution in [2.45, 2.75) is 18.8 Å². The molecule has 3 nitrogen and oxygen atoms in total. The average molecular weight is 244 g/mol. The van der Waals surface area contributed by atoms with Crippen LogP contribution in [-0.2, 0) is 4.74 Å². The van der Waals surface area contributed by atoms with Crippen molar-refractivity contribution in [3.05, 3.63) is 60.7 Å². The summed E-state index contributed by atoms with van der Waals surface area (Å²) in [6.45, 7) is 5.06. The molecule has 0 saturated carbocycles. The lowest BCUT2D eigenvalue weighted by Crippen LogP contribution is -2.04. The molecule has 18 heavy (non-hydrogen) atoms. The van der Waals surface area contributed by atoms with Crippen LogP contribution in [0, 0.1) is 0 Å². The van der Waals surface area contributed by atoms with E-state index in [1.165, 1.54) is 11.4 Å². The lowest BCUT2D eigenvalue weighted by Gasteiger charge is -2.14. The Labute approximate surface area is 108 Å². The summed E-state index contributed by atoms with van der Waals surface area (Å²) >= 11 is 0. The van der Waals surface area contributed by atoms with Crippen LogP contribution in [0.4, 0.5) is 0 Å². The predicted octanol–water partition coefficient (Wildman–Crippen LogP) is 3.46. The fraction of sp³-hybridized carbons (Fsp3) is 0.333. The highest BCUT2D eigenvalue weighted by atomic mass is 16.5. The highest BCUT2D eigenvalue weighted by molar-refractivity contribution is 5.23. The Morgan fingerprint density at radius 3 is 2.33 bits per heavy atom. The molecule has 0 bridgehead atoms. The predicted molar refractivity (Wildman–Crippen MR) is 73.7 cm³/mol. The second-order valence-corrected chi connectivity index (χ2v) is 4.31. The van der Waals surface area contributed by atoms with E-state index in [2.05, 4.69) is 28.7 Å². The molecule has 0 aliphatic rings. The number of H-pyrrole nitrogens is 2. The first kappa shape index (κ1) is 12.7. The van der Waals surface area contributed by atoms with Gasteiger partial charge in [0.15, 0.2) is 0 Å². The molecule has 0 saturated heterocycles. The van der Waals surface area contributed by atoms with E-state index in [1.54, 1.807) is 6.08 Å². The summed E-state index contributed by atoms with van der Waals surface area (Å²) in [5, 5.41) is 0. The summed E-state index contributed by atoms with van der Waals surface area (Å²) in [6, 6.07) is 8.35. The minimum absolute atomic E-state index is 0.391. The number of aromatic amines is 2. The first-order valence-corrected chi connectivity index (χ1v) is 6.37. The van der Waals surface area contributed by atoms with Gasteiger partial charge in [-0.1, -0.05) is 6.08 Å². The molecule has 0 spiro atoms. The van der Waals surface area contributed by atoms with E-state index in [9.17, 15) is 0 Å². The molecule has 2 aromatic rings. The first-order valence-electron chi connectivity index (χ1n) is 6.37. The third-order valence-electron chi connectivity index (χ3n) is 3.01. The molecule has 0 radical (unpaired) electrons. The SMILES string of the molecule is C=CCOCCCC(c1ccc[nH]1)c1ccc[nH]1. The average Bonchev–Trinajstić information content (AvgIpc) is 3.06. The molecular formula is C15H20N2O. The van der Waals surface area contributed by atoms with E-state index in [0.717, 1.165) is 19.4 Å². The molecule has 2 N–H and O–H groups in total. The molecule has 0 unspecified atom stereocenters. The van der Waals surface area contributed by atoms with E-state index in [1.807, 2.05) is 24.5 Å². The molecule has 0 amide bonds. The third kappa shape index (κ3) is 3.37. The molecule has 0 aliphatic heterocycles. The zero-order valence-electron chi connectivity index (χ0n) is 10.6. The minimum atomic E-state index is 0.391. The molecule has 2 heterocycles. The van der Waals surface area contributed by atoms with E-state index in [0.29, 0.717) is 12.5 Å². The number of rotatable bonds is 8. The highest BCUT2D eigenvalue weighted by Gasteiger charge is 2.15. The molecule has 0 fully saturated rings. The van der Waals surface area contributed by atoms with Crippen molar-refractivity contribution in [3.63, 3.8) is 0 Å². The number of ether oxygens (including phenoxy) is 1. The van der Waals surface area contributed by atoms with Crippen molar-refractivity contribution in [2.75, 3.05) is 13.2 Å². The van der Waals surface area contributed by atoms with Crippen LogP contribution in [0.2, 0.25) is 0 Å². The Hall–Kier alpha value is -1.74. The Bertz CT molecular complexity index is 397. The molecule has 0 aliphatic carbocycles. The summed E-state index contributed by atoms with van der Waals surface area (Å²) < 4.78 is 5.43. The van der Waals surface area contributed by atoms with E-state index >= 15 is 0 Å². The van der Waals surface area contributed by atoms with Crippen molar-refractivity contribution in [2.24, 2.45) is 0 Å². The zero-order chi connectivity index (χ0) is 12.6. The summed E-state index contributed by atoms with van der Waals surface area (Å²) in [4.78, 5) is 6.60. The van der Waals surface area contributed by atoms with E-state index in [4.69, 9.17) is 4.74 Å². The van der Waals surface area contributed by atoms with Gasteiger partial charge in [-0.15, -0.1) is 6.58 Å². The van der Waals surface area contributed by atoms with Gasteiger partial charge in [-0.25, -0.2) is 0 Å². The lowest BCUT2D eigenvalue weighted by atomic mass is 9.96. The normalized spacial score (nSPS) is 10.9. The quantitative estimate of drug-likeness (QED) is 0.542. The lowest BCUT2D eigenvalue weighted by molar-refractivity contribution is 0.157. The monoisotopic (exact) mass is 244 g/mol. The van der Waals surface area contributed by atoms with Crippen LogP contribution in [0.3, 0.4) is 0 Å². The summed E-state index contributed by atoms with van der Waals surface area (Å²) in [6.07, 6.45) is 7.83. The van der Waals surface area contributed by atoms with Crippen molar-refractivity contribution < 1.29 is 4.74 Å². The van der Waals surface area contributed by atoms with Gasteiger partial charge in [-0.3, -0.25) is 0 Å². The number of hydrogen-bond acceptors (Lipinski definition) is 1. The van der Waals surface area contributed by atoms with Gasteiger partial charge in [0.1, 0.15) is 0 Å².